The molecule has 2 aromatic rings. The van der Waals surface area contributed by atoms with Crippen LogP contribution >= 0.6 is 11.3 Å². The number of hydrogen-bond donors (Lipinski definition) is 1. The fourth-order valence-electron chi connectivity index (χ4n) is 1.34. The molecule has 1 heterocycles. The number of aryl methyl sites for hydroxylation is 1. The lowest BCUT2D eigenvalue weighted by atomic mass is 10.3. The van der Waals surface area contributed by atoms with Gasteiger partial charge in [0.15, 0.2) is 5.75 Å². The van der Waals surface area contributed by atoms with Gasteiger partial charge >= 0.3 is 0 Å². The first-order chi connectivity index (χ1) is 8.22. The Bertz CT molecular complexity index is 511. The molecule has 0 bridgehead atoms. The van der Waals surface area contributed by atoms with Crippen LogP contribution in [0.3, 0.4) is 0 Å². The first-order valence-electron chi connectivity index (χ1n) is 5.28. The second-order valence-corrected chi connectivity index (χ2v) is 4.28. The van der Waals surface area contributed by atoms with Crippen LogP contribution < -0.4 is 15.2 Å². The number of ether oxygens (including phenoxy) is 2. The minimum atomic E-state index is 0.539. The van der Waals surface area contributed by atoms with Gasteiger partial charge in [0.1, 0.15) is 5.75 Å². The maximum Gasteiger partial charge on any atom is 0.278 e. The molecule has 2 N–H and O–H groups in total. The van der Waals surface area contributed by atoms with Crippen molar-refractivity contribution in [1.82, 2.24) is 4.98 Å². The first kappa shape index (κ1) is 11.7. The number of methoxy groups -OCH3 is 1. The molecule has 0 radical (unpaired) electrons. The van der Waals surface area contributed by atoms with Gasteiger partial charge in [-0.2, -0.15) is 0 Å². The molecule has 2 rings (SSSR count). The lowest BCUT2D eigenvalue weighted by Gasteiger charge is -2.07. The molecule has 0 fully saturated rings. The third-order valence-electron chi connectivity index (χ3n) is 2.31. The number of nitrogen functional groups attached to an aromatic ring is 1. The normalized spacial score (nSPS) is 10.2. The van der Waals surface area contributed by atoms with Crippen molar-refractivity contribution >= 4 is 17.0 Å². The van der Waals surface area contributed by atoms with E-state index in [1.807, 2.05) is 5.38 Å². The van der Waals surface area contributed by atoms with E-state index in [1.165, 1.54) is 11.3 Å². The molecule has 0 amide bonds. The average Bonchev–Trinajstić information content (AvgIpc) is 2.79. The summed E-state index contributed by atoms with van der Waals surface area (Å²) in [6, 6.07) is 5.31. The molecule has 0 aliphatic rings. The van der Waals surface area contributed by atoms with E-state index in [4.69, 9.17) is 15.2 Å². The van der Waals surface area contributed by atoms with Gasteiger partial charge in [0.05, 0.1) is 18.5 Å². The van der Waals surface area contributed by atoms with Gasteiger partial charge in [-0.1, -0.05) is 18.3 Å². The largest absolute Gasteiger partial charge is 0.497 e. The van der Waals surface area contributed by atoms with E-state index in [2.05, 4.69) is 11.9 Å². The number of nitrogens with zero attached hydrogens (tertiary/aromatic N) is 1. The van der Waals surface area contributed by atoms with Gasteiger partial charge in [0.2, 0.25) is 0 Å². The molecule has 0 aliphatic carbocycles. The molecule has 0 spiro atoms. The summed E-state index contributed by atoms with van der Waals surface area (Å²) in [7, 11) is 1.60. The molecule has 0 atom stereocenters. The van der Waals surface area contributed by atoms with E-state index < -0.39 is 0 Å². The lowest BCUT2D eigenvalue weighted by molar-refractivity contribution is 0.413. The van der Waals surface area contributed by atoms with Crippen LogP contribution in [0.1, 0.15) is 12.6 Å². The van der Waals surface area contributed by atoms with Crippen molar-refractivity contribution in [3.63, 3.8) is 0 Å². The third kappa shape index (κ3) is 2.68. The summed E-state index contributed by atoms with van der Waals surface area (Å²) in [4.78, 5) is 4.32. The summed E-state index contributed by atoms with van der Waals surface area (Å²) in [5.41, 5.74) is 7.42. The Morgan fingerprint density at radius 1 is 1.41 bits per heavy atom. The van der Waals surface area contributed by atoms with Crippen LogP contribution in [0.15, 0.2) is 23.6 Å². The highest BCUT2D eigenvalue weighted by Gasteiger charge is 2.07. The Kier molecular flexibility index (Phi) is 3.49. The SMILES string of the molecule is CCc1csc(Oc2ccc(OC)cc2N)n1. The van der Waals surface area contributed by atoms with Gasteiger partial charge in [0.25, 0.3) is 5.19 Å². The highest BCUT2D eigenvalue weighted by molar-refractivity contribution is 7.11. The Balaban J connectivity index is 2.18. The standard InChI is InChI=1S/C12H14N2O2S/c1-3-8-7-17-12(14-8)16-11-5-4-9(15-2)6-10(11)13/h4-7H,3,13H2,1-2H3. The lowest BCUT2D eigenvalue weighted by Crippen LogP contribution is -1.93. The molecule has 0 unspecified atom stereocenters. The van der Waals surface area contributed by atoms with Crippen LogP contribution in [0.2, 0.25) is 0 Å². The smallest absolute Gasteiger partial charge is 0.278 e. The highest BCUT2D eigenvalue weighted by Crippen LogP contribution is 2.32. The summed E-state index contributed by atoms with van der Waals surface area (Å²) in [5, 5.41) is 2.59. The molecule has 1 aromatic carbocycles. The van der Waals surface area contributed by atoms with Crippen molar-refractivity contribution in [2.45, 2.75) is 13.3 Å². The number of aromatic nitrogens is 1. The Morgan fingerprint density at radius 3 is 2.82 bits per heavy atom. The molecule has 0 aliphatic heterocycles. The number of benzene rings is 1. The fraction of sp³-hybridized carbons (Fsp3) is 0.250. The van der Waals surface area contributed by atoms with E-state index in [0.717, 1.165) is 12.1 Å². The number of anilines is 1. The molecule has 0 saturated carbocycles. The number of rotatable bonds is 4. The Hall–Kier alpha value is -1.75. The zero-order chi connectivity index (χ0) is 12.3. The molecule has 0 saturated heterocycles. The average molecular weight is 250 g/mol. The van der Waals surface area contributed by atoms with Crippen molar-refractivity contribution in [2.24, 2.45) is 0 Å². The topological polar surface area (TPSA) is 57.4 Å². The van der Waals surface area contributed by atoms with Crippen molar-refractivity contribution in [3.05, 3.63) is 29.3 Å². The molecular weight excluding hydrogens is 236 g/mol. The van der Waals surface area contributed by atoms with Gasteiger partial charge in [-0.15, -0.1) is 0 Å². The van der Waals surface area contributed by atoms with Crippen molar-refractivity contribution in [2.75, 3.05) is 12.8 Å². The highest BCUT2D eigenvalue weighted by atomic mass is 32.1. The van der Waals surface area contributed by atoms with Crippen molar-refractivity contribution in [3.8, 4) is 16.7 Å². The maximum absolute atomic E-state index is 5.86. The van der Waals surface area contributed by atoms with Crippen LogP contribution in [0.5, 0.6) is 16.7 Å². The van der Waals surface area contributed by atoms with Crippen LogP contribution in [0.4, 0.5) is 5.69 Å². The number of nitrogens with two attached hydrogens (primary N) is 1. The van der Waals surface area contributed by atoms with Crippen molar-refractivity contribution in [1.29, 1.82) is 0 Å². The second kappa shape index (κ2) is 5.05. The predicted octanol–water partition coefficient (Wildman–Crippen LogP) is 3.09. The van der Waals surface area contributed by atoms with Crippen molar-refractivity contribution < 1.29 is 9.47 Å². The van der Waals surface area contributed by atoms with Crippen LogP contribution in [-0.2, 0) is 6.42 Å². The van der Waals surface area contributed by atoms with E-state index in [-0.39, 0.29) is 0 Å². The zero-order valence-corrected chi connectivity index (χ0v) is 10.6. The fourth-order valence-corrected chi connectivity index (χ4v) is 2.10. The van der Waals surface area contributed by atoms with Gasteiger partial charge in [-0.25, -0.2) is 4.98 Å². The summed E-state index contributed by atoms with van der Waals surface area (Å²) in [5.74, 6) is 1.31. The van der Waals surface area contributed by atoms with Gasteiger partial charge in [-0.3, -0.25) is 0 Å². The summed E-state index contributed by atoms with van der Waals surface area (Å²) in [6.45, 7) is 2.06. The molecule has 90 valence electrons. The molecule has 17 heavy (non-hydrogen) atoms. The van der Waals surface area contributed by atoms with E-state index in [1.54, 1.807) is 25.3 Å². The van der Waals surface area contributed by atoms with Crippen LogP contribution in [-0.4, -0.2) is 12.1 Å². The quantitative estimate of drug-likeness (QED) is 0.847. The predicted molar refractivity (Wildman–Crippen MR) is 69.0 cm³/mol. The maximum atomic E-state index is 5.86. The minimum absolute atomic E-state index is 0.539. The minimum Gasteiger partial charge on any atom is -0.497 e. The number of thiazole rings is 1. The molecule has 5 heteroatoms. The third-order valence-corrected chi connectivity index (χ3v) is 3.07. The first-order valence-corrected chi connectivity index (χ1v) is 6.16. The Labute approximate surface area is 104 Å². The van der Waals surface area contributed by atoms with E-state index in [0.29, 0.717) is 22.4 Å². The molecule has 4 nitrogen and oxygen atoms in total. The number of hydrogen-bond acceptors (Lipinski definition) is 5. The Morgan fingerprint density at radius 2 is 2.24 bits per heavy atom. The molecule has 1 aromatic heterocycles. The summed E-state index contributed by atoms with van der Waals surface area (Å²) >= 11 is 1.47. The second-order valence-electron chi connectivity index (χ2n) is 3.46. The molecular formula is C12H14N2O2S. The van der Waals surface area contributed by atoms with E-state index >= 15 is 0 Å². The monoisotopic (exact) mass is 250 g/mol. The van der Waals surface area contributed by atoms with Crippen LogP contribution in [0, 0.1) is 0 Å². The van der Waals surface area contributed by atoms with Crippen LogP contribution in [0.25, 0.3) is 0 Å². The summed E-state index contributed by atoms with van der Waals surface area (Å²) < 4.78 is 10.7. The zero-order valence-electron chi connectivity index (χ0n) is 9.77. The van der Waals surface area contributed by atoms with Gasteiger partial charge in [0, 0.05) is 11.4 Å². The van der Waals surface area contributed by atoms with Gasteiger partial charge < -0.3 is 15.2 Å². The van der Waals surface area contributed by atoms with E-state index in [9.17, 15) is 0 Å². The summed E-state index contributed by atoms with van der Waals surface area (Å²) in [6.07, 6.45) is 0.901. The van der Waals surface area contributed by atoms with Gasteiger partial charge in [-0.05, 0) is 18.6 Å².